The Bertz CT molecular complexity index is 756. The lowest BCUT2D eigenvalue weighted by atomic mass is 10.1. The first-order valence-electron chi connectivity index (χ1n) is 8.21. The van der Waals surface area contributed by atoms with Gasteiger partial charge in [0, 0.05) is 42.2 Å². The van der Waals surface area contributed by atoms with Gasteiger partial charge < -0.3 is 10.2 Å². The number of hydrogen-bond donors (Lipinski definition) is 1. The van der Waals surface area contributed by atoms with E-state index < -0.39 is 0 Å². The van der Waals surface area contributed by atoms with Crippen LogP contribution in [0, 0.1) is 0 Å². The highest BCUT2D eigenvalue weighted by Gasteiger charge is 2.06. The van der Waals surface area contributed by atoms with E-state index in [2.05, 4.69) is 26.3 Å². The smallest absolute Gasteiger partial charge is 0.266 e. The van der Waals surface area contributed by atoms with Crippen molar-refractivity contribution < 1.29 is 4.79 Å². The van der Waals surface area contributed by atoms with Gasteiger partial charge >= 0.3 is 0 Å². The first kappa shape index (κ1) is 19.3. The molecule has 1 amide bonds. The van der Waals surface area contributed by atoms with E-state index in [4.69, 9.17) is 0 Å². The van der Waals surface area contributed by atoms with Crippen molar-refractivity contribution in [3.05, 3.63) is 51.2 Å². The first-order chi connectivity index (χ1) is 12.0. The van der Waals surface area contributed by atoms with Crippen LogP contribution in [0.5, 0.6) is 0 Å². The number of halogens is 1. The number of aromatic nitrogens is 2. The van der Waals surface area contributed by atoms with Crippen LogP contribution in [-0.2, 0) is 11.3 Å². The van der Waals surface area contributed by atoms with Gasteiger partial charge in [-0.05, 0) is 38.7 Å². The molecule has 1 heterocycles. The van der Waals surface area contributed by atoms with Crippen LogP contribution < -0.4 is 10.9 Å². The zero-order valence-electron chi connectivity index (χ0n) is 14.5. The molecule has 6 nitrogen and oxygen atoms in total. The van der Waals surface area contributed by atoms with Gasteiger partial charge in [-0.15, -0.1) is 0 Å². The highest BCUT2D eigenvalue weighted by atomic mass is 79.9. The van der Waals surface area contributed by atoms with E-state index in [0.717, 1.165) is 22.3 Å². The van der Waals surface area contributed by atoms with E-state index in [0.29, 0.717) is 25.9 Å². The Hall–Kier alpha value is -1.99. The van der Waals surface area contributed by atoms with Crippen molar-refractivity contribution in [1.29, 1.82) is 0 Å². The summed E-state index contributed by atoms with van der Waals surface area (Å²) in [5, 5.41) is 7.27. The summed E-state index contributed by atoms with van der Waals surface area (Å²) in [5.74, 6) is -0.000960. The van der Waals surface area contributed by atoms with Crippen molar-refractivity contribution in [2.24, 2.45) is 0 Å². The average molecular weight is 407 g/mol. The first-order valence-corrected chi connectivity index (χ1v) is 9.00. The molecule has 0 aliphatic carbocycles. The Morgan fingerprint density at radius 2 is 1.92 bits per heavy atom. The quantitative estimate of drug-likeness (QED) is 0.728. The molecule has 0 radical (unpaired) electrons. The largest absolute Gasteiger partial charge is 0.355 e. The van der Waals surface area contributed by atoms with Gasteiger partial charge in [-0.2, -0.15) is 5.10 Å². The van der Waals surface area contributed by atoms with Crippen LogP contribution in [0.4, 0.5) is 0 Å². The fraction of sp³-hybridized carbons (Fsp3) is 0.389. The molecule has 0 aliphatic rings. The van der Waals surface area contributed by atoms with Gasteiger partial charge in [0.25, 0.3) is 5.56 Å². The summed E-state index contributed by atoms with van der Waals surface area (Å²) in [6, 6.07) is 11.0. The maximum absolute atomic E-state index is 12.0. The van der Waals surface area contributed by atoms with Crippen molar-refractivity contribution in [3.63, 3.8) is 0 Å². The summed E-state index contributed by atoms with van der Waals surface area (Å²) in [6.07, 6.45) is 0.953. The minimum Gasteiger partial charge on any atom is -0.355 e. The van der Waals surface area contributed by atoms with Gasteiger partial charge in [-0.1, -0.05) is 28.1 Å². The monoisotopic (exact) mass is 406 g/mol. The van der Waals surface area contributed by atoms with Crippen LogP contribution >= 0.6 is 15.9 Å². The molecule has 7 heteroatoms. The molecule has 0 saturated carbocycles. The van der Waals surface area contributed by atoms with E-state index in [1.165, 1.54) is 10.7 Å². The minimum atomic E-state index is -0.158. The predicted octanol–water partition coefficient (Wildman–Crippen LogP) is 2.13. The molecule has 0 spiro atoms. The summed E-state index contributed by atoms with van der Waals surface area (Å²) in [4.78, 5) is 25.8. The summed E-state index contributed by atoms with van der Waals surface area (Å²) in [7, 11) is 3.92. The van der Waals surface area contributed by atoms with Crippen molar-refractivity contribution in [2.75, 3.05) is 27.2 Å². The van der Waals surface area contributed by atoms with Gasteiger partial charge in [-0.3, -0.25) is 9.59 Å². The highest BCUT2D eigenvalue weighted by molar-refractivity contribution is 9.10. The van der Waals surface area contributed by atoms with Crippen molar-refractivity contribution >= 4 is 21.8 Å². The number of rotatable bonds is 8. The molecule has 2 aromatic rings. The molecule has 0 unspecified atom stereocenters. The number of carbonyl (C=O) groups excluding carboxylic acids is 1. The summed E-state index contributed by atoms with van der Waals surface area (Å²) in [5.41, 5.74) is 1.52. The molecule has 1 aromatic heterocycles. The van der Waals surface area contributed by atoms with Crippen molar-refractivity contribution in [3.8, 4) is 11.3 Å². The van der Waals surface area contributed by atoms with Gasteiger partial charge in [0.05, 0.1) is 5.69 Å². The lowest BCUT2D eigenvalue weighted by Crippen LogP contribution is -2.31. The highest BCUT2D eigenvalue weighted by Crippen LogP contribution is 2.18. The molecular weight excluding hydrogens is 384 g/mol. The average Bonchev–Trinajstić information content (AvgIpc) is 2.57. The molecule has 2 rings (SSSR count). The van der Waals surface area contributed by atoms with Crippen LogP contribution in [0.2, 0.25) is 0 Å². The second-order valence-electron chi connectivity index (χ2n) is 6.04. The van der Waals surface area contributed by atoms with E-state index in [-0.39, 0.29) is 11.5 Å². The molecule has 25 heavy (non-hydrogen) atoms. The lowest BCUT2D eigenvalue weighted by Gasteiger charge is -2.10. The third kappa shape index (κ3) is 6.43. The maximum atomic E-state index is 12.0. The van der Waals surface area contributed by atoms with Crippen LogP contribution in [0.1, 0.15) is 12.8 Å². The Morgan fingerprint density at radius 3 is 2.60 bits per heavy atom. The van der Waals surface area contributed by atoms with Crippen molar-refractivity contribution in [1.82, 2.24) is 20.0 Å². The lowest BCUT2D eigenvalue weighted by molar-refractivity contribution is -0.121. The Kier molecular flexibility index (Phi) is 7.33. The predicted molar refractivity (Wildman–Crippen MR) is 102 cm³/mol. The fourth-order valence-electron chi connectivity index (χ4n) is 2.28. The van der Waals surface area contributed by atoms with Gasteiger partial charge in [0.2, 0.25) is 5.91 Å². The molecule has 0 saturated heterocycles. The Morgan fingerprint density at radius 1 is 1.20 bits per heavy atom. The van der Waals surface area contributed by atoms with Crippen LogP contribution in [0.15, 0.2) is 45.7 Å². The number of hydrogen-bond acceptors (Lipinski definition) is 4. The minimum absolute atomic E-state index is 0.000960. The van der Waals surface area contributed by atoms with Crippen LogP contribution in [0.3, 0.4) is 0 Å². The third-order valence-electron chi connectivity index (χ3n) is 3.66. The van der Waals surface area contributed by atoms with Gasteiger partial charge in [-0.25, -0.2) is 4.68 Å². The van der Waals surface area contributed by atoms with E-state index in [1.54, 1.807) is 6.07 Å². The number of nitrogens with one attached hydrogen (secondary N) is 1. The van der Waals surface area contributed by atoms with E-state index in [1.807, 2.05) is 43.3 Å². The van der Waals surface area contributed by atoms with Crippen LogP contribution in [0.25, 0.3) is 11.3 Å². The number of carbonyl (C=O) groups is 1. The second kappa shape index (κ2) is 9.48. The summed E-state index contributed by atoms with van der Waals surface area (Å²) in [6.45, 7) is 1.86. The molecular formula is C18H23BrN4O2. The number of aryl methyl sites for hydroxylation is 1. The van der Waals surface area contributed by atoms with Crippen LogP contribution in [-0.4, -0.2) is 47.8 Å². The normalized spacial score (nSPS) is 10.9. The summed E-state index contributed by atoms with van der Waals surface area (Å²) >= 11 is 3.40. The van der Waals surface area contributed by atoms with Gasteiger partial charge in [0.1, 0.15) is 0 Å². The number of benzene rings is 1. The molecule has 1 aromatic carbocycles. The zero-order chi connectivity index (χ0) is 18.2. The Labute approximate surface area is 156 Å². The number of nitrogens with zero attached hydrogens (tertiary/aromatic N) is 3. The van der Waals surface area contributed by atoms with E-state index in [9.17, 15) is 9.59 Å². The number of likely N-dealkylation sites (N-methyl/N-ethyl adjacent to an activating group) is 1. The number of amides is 1. The zero-order valence-corrected chi connectivity index (χ0v) is 16.1. The standard InChI is InChI=1S/C18H23BrN4O2/c1-22(2)13-11-20-17(24)4-3-12-23-18(25)10-9-16(21-23)14-5-7-15(19)8-6-14/h5-10H,3-4,11-13H2,1-2H3,(H,20,24). The molecule has 0 aliphatic heterocycles. The SMILES string of the molecule is CN(C)CCNC(=O)CCCn1nc(-c2ccc(Br)cc2)ccc1=O. The van der Waals surface area contributed by atoms with Gasteiger partial charge in [0.15, 0.2) is 0 Å². The molecule has 134 valence electrons. The Balaban J connectivity index is 1.91. The maximum Gasteiger partial charge on any atom is 0.266 e. The topological polar surface area (TPSA) is 67.2 Å². The molecule has 0 atom stereocenters. The molecule has 1 N–H and O–H groups in total. The van der Waals surface area contributed by atoms with Crippen molar-refractivity contribution in [2.45, 2.75) is 19.4 Å². The van der Waals surface area contributed by atoms with E-state index >= 15 is 0 Å². The molecule has 0 fully saturated rings. The third-order valence-corrected chi connectivity index (χ3v) is 4.19. The second-order valence-corrected chi connectivity index (χ2v) is 6.96. The summed E-state index contributed by atoms with van der Waals surface area (Å²) < 4.78 is 2.41. The molecule has 0 bridgehead atoms. The fourth-order valence-corrected chi connectivity index (χ4v) is 2.54.